The highest BCUT2D eigenvalue weighted by molar-refractivity contribution is 6.33. The van der Waals surface area contributed by atoms with Crippen LogP contribution in [0, 0.1) is 0 Å². The lowest BCUT2D eigenvalue weighted by molar-refractivity contribution is 0.0954. The van der Waals surface area contributed by atoms with Crippen LogP contribution in [-0.4, -0.2) is 39.2 Å². The normalized spacial score (nSPS) is 10.3. The Kier molecular flexibility index (Phi) is 4.89. The van der Waals surface area contributed by atoms with Crippen LogP contribution in [0.25, 0.3) is 0 Å². The van der Waals surface area contributed by atoms with Crippen molar-refractivity contribution < 1.29 is 4.79 Å². The van der Waals surface area contributed by atoms with Crippen molar-refractivity contribution in [3.8, 4) is 0 Å². The van der Waals surface area contributed by atoms with Crippen LogP contribution in [0.3, 0.4) is 0 Å². The number of carbonyl (C=O) groups excluding carboxylic acids is 1. The summed E-state index contributed by atoms with van der Waals surface area (Å²) in [5, 5.41) is 12.6. The topological polar surface area (TPSA) is 95.6 Å². The highest BCUT2D eigenvalue weighted by Crippen LogP contribution is 2.17. The van der Waals surface area contributed by atoms with Gasteiger partial charge in [-0.1, -0.05) is 11.6 Å². The number of nitrogens with zero attached hydrogens (tertiary/aromatic N) is 3. The van der Waals surface area contributed by atoms with Crippen LogP contribution in [0.2, 0.25) is 5.02 Å². The van der Waals surface area contributed by atoms with Gasteiger partial charge in [0.2, 0.25) is 0 Å². The first-order valence-electron chi connectivity index (χ1n) is 6.22. The number of halogens is 1. The summed E-state index contributed by atoms with van der Waals surface area (Å²) in [7, 11) is 0. The highest BCUT2D eigenvalue weighted by atomic mass is 35.5. The molecule has 8 heteroatoms. The average Bonchev–Trinajstić information content (AvgIpc) is 2.94. The number of aromatic amines is 1. The zero-order valence-corrected chi connectivity index (χ0v) is 11.7. The van der Waals surface area contributed by atoms with Gasteiger partial charge in [0.05, 0.1) is 10.6 Å². The van der Waals surface area contributed by atoms with E-state index in [0.29, 0.717) is 29.4 Å². The van der Waals surface area contributed by atoms with Gasteiger partial charge in [-0.15, -0.1) is 0 Å². The van der Waals surface area contributed by atoms with E-state index in [1.165, 1.54) is 12.5 Å². The Morgan fingerprint density at radius 3 is 3.00 bits per heavy atom. The fraction of sp³-hybridized carbons (Fsp3) is 0.333. The van der Waals surface area contributed by atoms with Gasteiger partial charge in [0, 0.05) is 25.7 Å². The molecule has 0 saturated carbocycles. The van der Waals surface area contributed by atoms with Gasteiger partial charge in [-0.05, 0) is 13.0 Å². The van der Waals surface area contributed by atoms with Crippen LogP contribution in [0.15, 0.2) is 18.6 Å². The molecular formula is C12H15ClN6O. The predicted octanol–water partition coefficient (Wildman–Crippen LogP) is 1.26. The van der Waals surface area contributed by atoms with Crippen LogP contribution in [0.5, 0.6) is 0 Å². The molecule has 7 nitrogen and oxygen atoms in total. The molecule has 0 spiro atoms. The molecule has 0 saturated heterocycles. The average molecular weight is 295 g/mol. The highest BCUT2D eigenvalue weighted by Gasteiger charge is 2.11. The molecule has 3 N–H and O–H groups in total. The molecule has 0 radical (unpaired) electrons. The fourth-order valence-corrected chi connectivity index (χ4v) is 1.82. The van der Waals surface area contributed by atoms with Crippen molar-refractivity contribution in [3.05, 3.63) is 35.0 Å². The number of anilines is 1. The predicted molar refractivity (Wildman–Crippen MR) is 75.8 cm³/mol. The van der Waals surface area contributed by atoms with Crippen molar-refractivity contribution in [3.63, 3.8) is 0 Å². The Balaban J connectivity index is 1.95. The smallest absolute Gasteiger partial charge is 0.253 e. The maximum Gasteiger partial charge on any atom is 0.253 e. The van der Waals surface area contributed by atoms with Gasteiger partial charge >= 0.3 is 0 Å². The molecular weight excluding hydrogens is 280 g/mol. The number of hydrogen-bond donors (Lipinski definition) is 3. The van der Waals surface area contributed by atoms with E-state index < -0.39 is 0 Å². The summed E-state index contributed by atoms with van der Waals surface area (Å²) < 4.78 is 0. The molecule has 0 aliphatic rings. The molecule has 0 bridgehead atoms. The lowest BCUT2D eigenvalue weighted by atomic mass is 10.2. The van der Waals surface area contributed by atoms with E-state index in [9.17, 15) is 4.79 Å². The number of rotatable bonds is 6. The zero-order valence-electron chi connectivity index (χ0n) is 11.0. The molecule has 2 aromatic heterocycles. The van der Waals surface area contributed by atoms with E-state index >= 15 is 0 Å². The Hall–Kier alpha value is -2.15. The van der Waals surface area contributed by atoms with Crippen molar-refractivity contribution in [2.24, 2.45) is 0 Å². The van der Waals surface area contributed by atoms with Crippen LogP contribution < -0.4 is 10.6 Å². The monoisotopic (exact) mass is 294 g/mol. The summed E-state index contributed by atoms with van der Waals surface area (Å²) in [6.07, 6.45) is 3.47. The van der Waals surface area contributed by atoms with Gasteiger partial charge in [0.1, 0.15) is 18.0 Å². The summed E-state index contributed by atoms with van der Waals surface area (Å²) in [5.41, 5.74) is 0.398. The molecule has 20 heavy (non-hydrogen) atoms. The molecule has 0 aliphatic carbocycles. The van der Waals surface area contributed by atoms with Crippen LogP contribution >= 0.6 is 11.6 Å². The number of hydrogen-bond acceptors (Lipinski definition) is 5. The Morgan fingerprint density at radius 2 is 2.30 bits per heavy atom. The first kappa shape index (κ1) is 14.3. The van der Waals surface area contributed by atoms with Crippen molar-refractivity contribution in [1.29, 1.82) is 0 Å². The molecule has 0 fully saturated rings. The quantitative estimate of drug-likeness (QED) is 0.745. The molecule has 0 unspecified atom stereocenters. The minimum Gasteiger partial charge on any atom is -0.370 e. The lowest BCUT2D eigenvalue weighted by Crippen LogP contribution is -2.26. The number of nitrogens with one attached hydrogen (secondary N) is 3. The molecule has 2 rings (SSSR count). The van der Waals surface area contributed by atoms with Crippen LogP contribution in [0.1, 0.15) is 23.1 Å². The second-order valence-electron chi connectivity index (χ2n) is 4.02. The third kappa shape index (κ3) is 3.67. The second kappa shape index (κ2) is 6.85. The van der Waals surface area contributed by atoms with E-state index in [-0.39, 0.29) is 5.91 Å². The molecule has 106 valence electrons. The van der Waals surface area contributed by atoms with E-state index in [0.717, 1.165) is 12.4 Å². The van der Waals surface area contributed by atoms with Crippen molar-refractivity contribution in [2.45, 2.75) is 13.3 Å². The van der Waals surface area contributed by atoms with Gasteiger partial charge in [-0.25, -0.2) is 9.97 Å². The third-order valence-electron chi connectivity index (χ3n) is 2.57. The fourth-order valence-electron chi connectivity index (χ4n) is 1.63. The van der Waals surface area contributed by atoms with E-state index in [1.807, 2.05) is 6.92 Å². The number of carbonyl (C=O) groups is 1. The van der Waals surface area contributed by atoms with Crippen molar-refractivity contribution in [2.75, 3.05) is 18.4 Å². The largest absolute Gasteiger partial charge is 0.370 e. The van der Waals surface area contributed by atoms with Crippen molar-refractivity contribution in [1.82, 2.24) is 25.5 Å². The first-order chi connectivity index (χ1) is 9.70. The minimum absolute atomic E-state index is 0.240. The van der Waals surface area contributed by atoms with Gasteiger partial charge < -0.3 is 10.6 Å². The Bertz CT molecular complexity index is 571. The summed E-state index contributed by atoms with van der Waals surface area (Å²) in [5.74, 6) is 1.10. The summed E-state index contributed by atoms with van der Waals surface area (Å²) in [6.45, 7) is 3.12. The van der Waals surface area contributed by atoms with E-state index in [4.69, 9.17) is 11.6 Å². The molecule has 0 aliphatic heterocycles. The number of amides is 1. The molecule has 2 heterocycles. The summed E-state index contributed by atoms with van der Waals surface area (Å²) >= 11 is 5.99. The zero-order chi connectivity index (χ0) is 14.4. The minimum atomic E-state index is -0.240. The van der Waals surface area contributed by atoms with Gasteiger partial charge in [0.25, 0.3) is 5.91 Å². The number of pyridine rings is 1. The second-order valence-corrected chi connectivity index (χ2v) is 4.42. The molecule has 1 amide bonds. The SMILES string of the molecule is CCNc1cc(C(=O)NCCc2ncn[nH]2)c(Cl)cn1. The maximum absolute atomic E-state index is 12.1. The number of aromatic nitrogens is 4. The summed E-state index contributed by atoms with van der Waals surface area (Å²) in [4.78, 5) is 20.1. The van der Waals surface area contributed by atoms with Gasteiger partial charge in [0.15, 0.2) is 0 Å². The summed E-state index contributed by atoms with van der Waals surface area (Å²) in [6, 6.07) is 1.63. The first-order valence-corrected chi connectivity index (χ1v) is 6.60. The lowest BCUT2D eigenvalue weighted by Gasteiger charge is -2.08. The maximum atomic E-state index is 12.1. The van der Waals surface area contributed by atoms with Crippen LogP contribution in [0.4, 0.5) is 5.82 Å². The third-order valence-corrected chi connectivity index (χ3v) is 2.87. The molecule has 2 aromatic rings. The van der Waals surface area contributed by atoms with Gasteiger partial charge in [-0.3, -0.25) is 9.89 Å². The Labute approximate surface area is 121 Å². The van der Waals surface area contributed by atoms with E-state index in [2.05, 4.69) is 30.8 Å². The van der Waals surface area contributed by atoms with Crippen molar-refractivity contribution >= 4 is 23.3 Å². The molecule has 0 atom stereocenters. The van der Waals surface area contributed by atoms with E-state index in [1.54, 1.807) is 6.07 Å². The van der Waals surface area contributed by atoms with Crippen LogP contribution in [-0.2, 0) is 6.42 Å². The molecule has 0 aromatic carbocycles. The standard InChI is InChI=1S/C12H15ClN6O/c1-2-14-11-5-8(9(13)6-16-11)12(20)15-4-3-10-17-7-18-19-10/h5-7H,2-4H2,1H3,(H,14,16)(H,15,20)(H,17,18,19). The Morgan fingerprint density at radius 1 is 1.45 bits per heavy atom. The van der Waals surface area contributed by atoms with Gasteiger partial charge in [-0.2, -0.15) is 5.10 Å². The number of H-pyrrole nitrogens is 1.